The monoisotopic (exact) mass is 280 g/mol. The minimum atomic E-state index is 0.416. The molecule has 0 aliphatic carbocycles. The van der Waals surface area contributed by atoms with Crippen molar-refractivity contribution >= 4 is 0 Å². The number of rotatable bonds is 0. The summed E-state index contributed by atoms with van der Waals surface area (Å²) in [4.78, 5) is 0. The van der Waals surface area contributed by atoms with Gasteiger partial charge in [-0.3, -0.25) is 10.9 Å². The van der Waals surface area contributed by atoms with Gasteiger partial charge in [0.15, 0.2) is 0 Å². The average molecular weight is 280 g/mol. The predicted octanol–water partition coefficient (Wildman–Crippen LogP) is 1.39. The zero-order valence-electron chi connectivity index (χ0n) is 13.2. The van der Waals surface area contributed by atoms with E-state index in [1.54, 1.807) is 0 Å². The second-order valence-corrected chi connectivity index (χ2v) is 7.67. The molecule has 3 rings (SSSR count). The van der Waals surface area contributed by atoms with Crippen molar-refractivity contribution < 1.29 is 0 Å². The molecule has 0 aromatic rings. The van der Waals surface area contributed by atoms with Gasteiger partial charge < -0.3 is 10.6 Å². The summed E-state index contributed by atoms with van der Waals surface area (Å²) in [7, 11) is 0. The summed E-state index contributed by atoms with van der Waals surface area (Å²) in [6.45, 7) is 8.30. The number of hydrogen-bond acceptors (Lipinski definition) is 4. The Hall–Kier alpha value is -0.160. The van der Waals surface area contributed by atoms with Crippen molar-refractivity contribution in [3.8, 4) is 0 Å². The lowest BCUT2D eigenvalue weighted by atomic mass is 9.69. The van der Waals surface area contributed by atoms with Crippen molar-refractivity contribution in [1.82, 2.24) is 21.5 Å². The Morgan fingerprint density at radius 1 is 1.05 bits per heavy atom. The molecule has 3 heterocycles. The molecule has 3 aliphatic rings. The third-order valence-electron chi connectivity index (χ3n) is 5.80. The SMILES string of the molecule is CC1CCCCC2CC(C)(CCN2)C2NNCC2NC1. The third-order valence-corrected chi connectivity index (χ3v) is 5.80. The van der Waals surface area contributed by atoms with E-state index < -0.39 is 0 Å². The van der Waals surface area contributed by atoms with Crippen molar-refractivity contribution in [2.24, 2.45) is 11.3 Å². The Labute approximate surface area is 123 Å². The molecule has 4 heteroatoms. The molecule has 4 nitrogen and oxygen atoms in total. The molecule has 0 radical (unpaired) electrons. The Balaban J connectivity index is 1.74. The summed E-state index contributed by atoms with van der Waals surface area (Å²) in [5.41, 5.74) is 7.40. The fourth-order valence-corrected chi connectivity index (χ4v) is 4.47. The molecular weight excluding hydrogens is 248 g/mol. The van der Waals surface area contributed by atoms with E-state index in [-0.39, 0.29) is 0 Å². The number of hydrogen-bond donors (Lipinski definition) is 4. The molecule has 116 valence electrons. The highest BCUT2D eigenvalue weighted by molar-refractivity contribution is 5.02. The molecule has 0 aromatic heterocycles. The van der Waals surface area contributed by atoms with Gasteiger partial charge in [0.1, 0.15) is 0 Å². The first-order valence-corrected chi connectivity index (χ1v) is 8.62. The van der Waals surface area contributed by atoms with Crippen molar-refractivity contribution in [2.75, 3.05) is 19.6 Å². The lowest BCUT2D eigenvalue weighted by Gasteiger charge is -2.45. The van der Waals surface area contributed by atoms with Crippen LogP contribution in [0, 0.1) is 11.3 Å². The van der Waals surface area contributed by atoms with Gasteiger partial charge in [-0.05, 0) is 50.1 Å². The van der Waals surface area contributed by atoms with Gasteiger partial charge in [0.2, 0.25) is 0 Å². The number of nitrogens with one attached hydrogen (secondary N) is 4. The van der Waals surface area contributed by atoms with E-state index in [0.717, 1.165) is 18.5 Å². The van der Waals surface area contributed by atoms with E-state index in [1.807, 2.05) is 0 Å². The molecular formula is C16H32N4. The van der Waals surface area contributed by atoms with Crippen molar-refractivity contribution in [1.29, 1.82) is 0 Å². The zero-order valence-corrected chi connectivity index (χ0v) is 13.2. The highest BCUT2D eigenvalue weighted by Crippen LogP contribution is 2.38. The van der Waals surface area contributed by atoms with Gasteiger partial charge in [-0.2, -0.15) is 0 Å². The first-order valence-electron chi connectivity index (χ1n) is 8.62. The van der Waals surface area contributed by atoms with Gasteiger partial charge in [-0.15, -0.1) is 0 Å². The van der Waals surface area contributed by atoms with Gasteiger partial charge in [0, 0.05) is 24.7 Å². The first kappa shape index (κ1) is 14.8. The topological polar surface area (TPSA) is 48.1 Å². The lowest BCUT2D eigenvalue weighted by molar-refractivity contribution is 0.112. The summed E-state index contributed by atoms with van der Waals surface area (Å²) >= 11 is 0. The number of hydrazine groups is 1. The summed E-state index contributed by atoms with van der Waals surface area (Å²) < 4.78 is 0. The van der Waals surface area contributed by atoms with Crippen LogP contribution < -0.4 is 21.5 Å². The molecule has 0 spiro atoms. The Kier molecular flexibility index (Phi) is 4.65. The quantitative estimate of drug-likeness (QED) is 0.542. The third kappa shape index (κ3) is 3.19. The zero-order chi connectivity index (χ0) is 14.0. The van der Waals surface area contributed by atoms with Gasteiger partial charge in [0.25, 0.3) is 0 Å². The molecule has 20 heavy (non-hydrogen) atoms. The molecule has 3 fully saturated rings. The largest absolute Gasteiger partial charge is 0.314 e. The molecule has 3 saturated heterocycles. The van der Waals surface area contributed by atoms with Crippen LogP contribution >= 0.6 is 0 Å². The van der Waals surface area contributed by atoms with Crippen LogP contribution in [0.2, 0.25) is 0 Å². The highest BCUT2D eigenvalue weighted by Gasteiger charge is 2.44. The fourth-order valence-electron chi connectivity index (χ4n) is 4.47. The highest BCUT2D eigenvalue weighted by atomic mass is 15.4. The van der Waals surface area contributed by atoms with Crippen molar-refractivity contribution in [3.63, 3.8) is 0 Å². The van der Waals surface area contributed by atoms with Gasteiger partial charge >= 0.3 is 0 Å². The van der Waals surface area contributed by atoms with E-state index in [1.165, 1.54) is 51.6 Å². The van der Waals surface area contributed by atoms with Crippen LogP contribution in [0.5, 0.6) is 0 Å². The smallest absolute Gasteiger partial charge is 0.0433 e. The second-order valence-electron chi connectivity index (χ2n) is 7.67. The minimum absolute atomic E-state index is 0.416. The number of piperidine rings is 1. The van der Waals surface area contributed by atoms with Gasteiger partial charge in [0.05, 0.1) is 0 Å². The van der Waals surface area contributed by atoms with Crippen LogP contribution in [-0.4, -0.2) is 37.8 Å². The van der Waals surface area contributed by atoms with Crippen LogP contribution in [0.3, 0.4) is 0 Å². The molecule has 0 saturated carbocycles. The Morgan fingerprint density at radius 3 is 2.80 bits per heavy atom. The van der Waals surface area contributed by atoms with Crippen LogP contribution in [0.1, 0.15) is 52.4 Å². The molecule has 0 aromatic carbocycles. The average Bonchev–Trinajstić information content (AvgIpc) is 2.90. The van der Waals surface area contributed by atoms with Crippen LogP contribution in [0.15, 0.2) is 0 Å². The minimum Gasteiger partial charge on any atom is -0.314 e. The number of fused-ring (bicyclic) bond motifs is 4. The van der Waals surface area contributed by atoms with E-state index in [2.05, 4.69) is 35.3 Å². The van der Waals surface area contributed by atoms with Crippen LogP contribution in [-0.2, 0) is 0 Å². The van der Waals surface area contributed by atoms with Crippen molar-refractivity contribution in [2.45, 2.75) is 70.5 Å². The van der Waals surface area contributed by atoms with Crippen LogP contribution in [0.25, 0.3) is 0 Å². The summed E-state index contributed by atoms with van der Waals surface area (Å²) in [6, 6.07) is 1.88. The fraction of sp³-hybridized carbons (Fsp3) is 1.00. The maximum Gasteiger partial charge on any atom is 0.0433 e. The van der Waals surface area contributed by atoms with Gasteiger partial charge in [-0.25, -0.2) is 0 Å². The van der Waals surface area contributed by atoms with E-state index in [0.29, 0.717) is 17.5 Å². The normalized spacial score (nSPS) is 47.1. The maximum atomic E-state index is 3.83. The second kappa shape index (κ2) is 6.30. The molecule has 2 bridgehead atoms. The molecule has 3 aliphatic heterocycles. The van der Waals surface area contributed by atoms with E-state index in [9.17, 15) is 0 Å². The predicted molar refractivity (Wildman–Crippen MR) is 83.5 cm³/mol. The standard InChI is InChI=1S/C16H32N4/c1-12-5-3-4-6-13-9-16(2,7-8-17-13)15-14(18-10-12)11-19-20-15/h12-15,17-20H,3-11H2,1-2H3. The van der Waals surface area contributed by atoms with Crippen molar-refractivity contribution in [3.05, 3.63) is 0 Å². The Bertz CT molecular complexity index is 322. The maximum absolute atomic E-state index is 3.83. The van der Waals surface area contributed by atoms with Crippen LogP contribution in [0.4, 0.5) is 0 Å². The summed E-state index contributed by atoms with van der Waals surface area (Å²) in [5, 5.41) is 7.58. The molecule has 5 unspecified atom stereocenters. The molecule has 0 amide bonds. The first-order chi connectivity index (χ1) is 9.67. The summed E-state index contributed by atoms with van der Waals surface area (Å²) in [5.74, 6) is 0.802. The van der Waals surface area contributed by atoms with E-state index in [4.69, 9.17) is 0 Å². The van der Waals surface area contributed by atoms with Gasteiger partial charge in [-0.1, -0.05) is 26.7 Å². The Morgan fingerprint density at radius 2 is 1.90 bits per heavy atom. The summed E-state index contributed by atoms with van der Waals surface area (Å²) in [6.07, 6.45) is 8.12. The van der Waals surface area contributed by atoms with E-state index >= 15 is 0 Å². The molecule has 5 atom stereocenters. The lowest BCUT2D eigenvalue weighted by Crippen LogP contribution is -2.57. The molecule has 4 N–H and O–H groups in total.